The summed E-state index contributed by atoms with van der Waals surface area (Å²) in [5.74, 6) is -0.770. The quantitative estimate of drug-likeness (QED) is 0.679. The maximum atomic E-state index is 13.7. The van der Waals surface area contributed by atoms with Crippen LogP contribution in [0.2, 0.25) is 0 Å². The standard InChI is InChI=1S/C26H29F3N4O3/c1-18(2)30-22(34)16-32-17-33(21-6-4-3-5-7-21)25(24(32)36)12-14-31(15-13-25)23(35)19-8-10-20(11-9-19)26(27,28)29/h3-11,18H,12-17H2,1-2H3,(H,30,34). The average Bonchev–Trinajstić information content (AvgIpc) is 3.09. The van der Waals surface area contributed by atoms with Gasteiger partial charge in [0.05, 0.1) is 12.2 Å². The number of alkyl halides is 3. The summed E-state index contributed by atoms with van der Waals surface area (Å²) in [5.41, 5.74) is -0.701. The van der Waals surface area contributed by atoms with E-state index in [1.807, 2.05) is 49.1 Å². The van der Waals surface area contributed by atoms with Gasteiger partial charge in [-0.2, -0.15) is 13.2 Å². The van der Waals surface area contributed by atoms with Crippen molar-refractivity contribution in [2.75, 3.05) is 31.2 Å². The minimum Gasteiger partial charge on any atom is -0.352 e. The lowest BCUT2D eigenvalue weighted by atomic mass is 9.85. The van der Waals surface area contributed by atoms with Gasteiger partial charge in [-0.25, -0.2) is 0 Å². The number of para-hydroxylation sites is 1. The molecule has 10 heteroatoms. The molecule has 0 radical (unpaired) electrons. The number of amides is 3. The molecule has 2 aliphatic heterocycles. The fourth-order valence-corrected chi connectivity index (χ4v) is 4.93. The van der Waals surface area contributed by atoms with Crippen molar-refractivity contribution in [3.63, 3.8) is 0 Å². The van der Waals surface area contributed by atoms with E-state index < -0.39 is 17.3 Å². The second-order valence-corrected chi connectivity index (χ2v) is 9.53. The summed E-state index contributed by atoms with van der Waals surface area (Å²) < 4.78 is 38.6. The maximum Gasteiger partial charge on any atom is 0.416 e. The monoisotopic (exact) mass is 502 g/mol. The van der Waals surface area contributed by atoms with Gasteiger partial charge >= 0.3 is 6.18 Å². The Bertz CT molecular complexity index is 1110. The van der Waals surface area contributed by atoms with Crippen LogP contribution in [0.5, 0.6) is 0 Å². The van der Waals surface area contributed by atoms with Crippen LogP contribution in [0.4, 0.5) is 18.9 Å². The molecule has 2 fully saturated rings. The zero-order valence-electron chi connectivity index (χ0n) is 20.2. The molecule has 7 nitrogen and oxygen atoms in total. The van der Waals surface area contributed by atoms with Gasteiger partial charge in [-0.05, 0) is 63.1 Å². The zero-order chi connectivity index (χ0) is 26.1. The molecule has 0 atom stereocenters. The third-order valence-corrected chi connectivity index (χ3v) is 6.70. The lowest BCUT2D eigenvalue weighted by molar-refractivity contribution is -0.137. The molecular weight excluding hydrogens is 473 g/mol. The highest BCUT2D eigenvalue weighted by atomic mass is 19.4. The van der Waals surface area contributed by atoms with Gasteiger partial charge in [0, 0.05) is 30.4 Å². The number of anilines is 1. The van der Waals surface area contributed by atoms with Crippen molar-refractivity contribution in [1.82, 2.24) is 15.1 Å². The van der Waals surface area contributed by atoms with Gasteiger partial charge in [0.1, 0.15) is 12.1 Å². The van der Waals surface area contributed by atoms with Crippen LogP contribution in [0, 0.1) is 0 Å². The van der Waals surface area contributed by atoms with Gasteiger partial charge < -0.3 is 20.0 Å². The number of hydrogen-bond donors (Lipinski definition) is 1. The summed E-state index contributed by atoms with van der Waals surface area (Å²) in [6, 6.07) is 13.6. The second-order valence-electron chi connectivity index (χ2n) is 9.53. The molecule has 0 aliphatic carbocycles. The highest BCUT2D eigenvalue weighted by Crippen LogP contribution is 2.39. The van der Waals surface area contributed by atoms with Gasteiger partial charge in [-0.3, -0.25) is 14.4 Å². The summed E-state index contributed by atoms with van der Waals surface area (Å²) >= 11 is 0. The van der Waals surface area contributed by atoms with Crippen LogP contribution in [0.15, 0.2) is 54.6 Å². The first kappa shape index (κ1) is 25.5. The molecule has 2 aromatic rings. The predicted octanol–water partition coefficient (Wildman–Crippen LogP) is 3.51. The summed E-state index contributed by atoms with van der Waals surface area (Å²) in [6.45, 7) is 4.43. The molecule has 0 aromatic heterocycles. The summed E-state index contributed by atoms with van der Waals surface area (Å²) in [4.78, 5) is 44.2. The highest BCUT2D eigenvalue weighted by Gasteiger charge is 2.54. The third-order valence-electron chi connectivity index (χ3n) is 6.70. The SMILES string of the molecule is CC(C)NC(=O)CN1CN(c2ccccc2)C2(CCN(C(=O)c3ccc(C(F)(F)F)cc3)CC2)C1=O. The Morgan fingerprint density at radius 2 is 1.61 bits per heavy atom. The number of nitrogens with one attached hydrogen (secondary N) is 1. The van der Waals surface area contributed by atoms with Gasteiger partial charge in [0.25, 0.3) is 11.8 Å². The first-order chi connectivity index (χ1) is 17.0. The van der Waals surface area contributed by atoms with Crippen molar-refractivity contribution in [1.29, 1.82) is 0 Å². The topological polar surface area (TPSA) is 73.0 Å². The molecular formula is C26H29F3N4O3. The number of halogens is 3. The van der Waals surface area contributed by atoms with E-state index in [9.17, 15) is 27.6 Å². The minimum atomic E-state index is -4.47. The summed E-state index contributed by atoms with van der Waals surface area (Å²) in [6.07, 6.45) is -3.79. The lowest BCUT2D eigenvalue weighted by Crippen LogP contribution is -2.57. The Hall–Kier alpha value is -3.56. The zero-order valence-corrected chi connectivity index (χ0v) is 20.2. The maximum absolute atomic E-state index is 13.7. The van der Waals surface area contributed by atoms with Gasteiger partial charge in [-0.1, -0.05) is 18.2 Å². The fourth-order valence-electron chi connectivity index (χ4n) is 4.93. The van der Waals surface area contributed by atoms with Crippen LogP contribution in [0.25, 0.3) is 0 Å². The normalized spacial score (nSPS) is 17.7. The van der Waals surface area contributed by atoms with Crippen molar-refractivity contribution >= 4 is 23.4 Å². The van der Waals surface area contributed by atoms with Crippen LogP contribution >= 0.6 is 0 Å². The second kappa shape index (κ2) is 9.83. The Labute approximate surface area is 207 Å². The van der Waals surface area contributed by atoms with Crippen molar-refractivity contribution in [2.45, 2.75) is 44.4 Å². The molecule has 2 aromatic carbocycles. The number of likely N-dealkylation sites (tertiary alicyclic amines) is 1. The number of carbonyl (C=O) groups is 3. The van der Waals surface area contributed by atoms with Crippen molar-refractivity contribution in [3.05, 3.63) is 65.7 Å². The summed E-state index contributed by atoms with van der Waals surface area (Å²) in [7, 11) is 0. The van der Waals surface area contributed by atoms with E-state index in [-0.39, 0.29) is 55.6 Å². The number of rotatable bonds is 5. The molecule has 1 N–H and O–H groups in total. The molecule has 192 valence electrons. The molecule has 1 spiro atoms. The Kier molecular flexibility index (Phi) is 6.97. The van der Waals surface area contributed by atoms with E-state index >= 15 is 0 Å². The van der Waals surface area contributed by atoms with E-state index in [0.29, 0.717) is 12.8 Å². The van der Waals surface area contributed by atoms with E-state index in [1.54, 1.807) is 4.90 Å². The number of carbonyl (C=O) groups excluding carboxylic acids is 3. The lowest BCUT2D eigenvalue weighted by Gasteiger charge is -2.43. The molecule has 4 rings (SSSR count). The average molecular weight is 503 g/mol. The van der Waals surface area contributed by atoms with Crippen LogP contribution in [0.3, 0.4) is 0 Å². The first-order valence-corrected chi connectivity index (χ1v) is 11.9. The number of nitrogens with zero attached hydrogens (tertiary/aromatic N) is 3. The van der Waals surface area contributed by atoms with Crippen molar-refractivity contribution in [2.24, 2.45) is 0 Å². The fraction of sp³-hybridized carbons (Fsp3) is 0.423. The van der Waals surface area contributed by atoms with E-state index in [1.165, 1.54) is 17.0 Å². The van der Waals surface area contributed by atoms with Gasteiger partial charge in [0.15, 0.2) is 0 Å². The molecule has 0 unspecified atom stereocenters. The molecule has 2 saturated heterocycles. The first-order valence-electron chi connectivity index (χ1n) is 11.9. The Morgan fingerprint density at radius 3 is 2.17 bits per heavy atom. The van der Waals surface area contributed by atoms with Gasteiger partial charge in [-0.15, -0.1) is 0 Å². The van der Waals surface area contributed by atoms with E-state index in [2.05, 4.69) is 5.32 Å². The van der Waals surface area contributed by atoms with E-state index in [4.69, 9.17) is 0 Å². The molecule has 36 heavy (non-hydrogen) atoms. The largest absolute Gasteiger partial charge is 0.416 e. The van der Waals surface area contributed by atoms with Gasteiger partial charge in [0.2, 0.25) is 5.91 Å². The predicted molar refractivity (Wildman–Crippen MR) is 128 cm³/mol. The molecule has 0 saturated carbocycles. The third kappa shape index (κ3) is 5.03. The van der Waals surface area contributed by atoms with Crippen molar-refractivity contribution in [3.8, 4) is 0 Å². The molecule has 3 amide bonds. The number of hydrogen-bond acceptors (Lipinski definition) is 4. The summed E-state index contributed by atoms with van der Waals surface area (Å²) in [5, 5.41) is 2.81. The van der Waals surface area contributed by atoms with Crippen LogP contribution in [-0.4, -0.2) is 65.4 Å². The molecule has 2 aliphatic rings. The van der Waals surface area contributed by atoms with Crippen LogP contribution in [0.1, 0.15) is 42.6 Å². The smallest absolute Gasteiger partial charge is 0.352 e. The van der Waals surface area contributed by atoms with Crippen LogP contribution in [-0.2, 0) is 15.8 Å². The van der Waals surface area contributed by atoms with E-state index in [0.717, 1.165) is 17.8 Å². The Balaban J connectivity index is 1.52. The molecule has 0 bridgehead atoms. The van der Waals surface area contributed by atoms with Crippen LogP contribution < -0.4 is 10.2 Å². The number of benzene rings is 2. The Morgan fingerprint density at radius 1 is 1.00 bits per heavy atom. The minimum absolute atomic E-state index is 0.0474. The van der Waals surface area contributed by atoms with Crippen molar-refractivity contribution < 1.29 is 27.6 Å². The number of piperidine rings is 1. The molecule has 2 heterocycles. The highest BCUT2D eigenvalue weighted by molar-refractivity contribution is 5.97.